The van der Waals surface area contributed by atoms with E-state index in [1.54, 1.807) is 13.2 Å². The van der Waals surface area contributed by atoms with E-state index in [1.165, 1.54) is 0 Å². The predicted molar refractivity (Wildman–Crippen MR) is 88.9 cm³/mol. The second kappa shape index (κ2) is 7.90. The highest BCUT2D eigenvalue weighted by Crippen LogP contribution is 2.32. The molecule has 0 N–H and O–H groups in total. The molecule has 7 heteroatoms. The van der Waals surface area contributed by atoms with Crippen molar-refractivity contribution < 1.29 is 14.4 Å². The highest BCUT2D eigenvalue weighted by molar-refractivity contribution is 14.1. The van der Waals surface area contributed by atoms with Gasteiger partial charge in [0.05, 0.1) is 24.2 Å². The standard InChI is InChI=1S/C14H19IN2O4/c1-20-8-9-21-12-4-6-16(7-5-12)13-3-2-11(15)10-14(13)17(18)19/h2-3,10,12H,4-9H2,1H3. The zero-order chi connectivity index (χ0) is 15.2. The van der Waals surface area contributed by atoms with Crippen molar-refractivity contribution in [3.05, 3.63) is 31.9 Å². The second-order valence-corrected chi connectivity index (χ2v) is 6.19. The normalized spacial score (nSPS) is 16.2. The third-order valence-corrected chi connectivity index (χ3v) is 4.23. The summed E-state index contributed by atoms with van der Waals surface area (Å²) < 4.78 is 11.6. The number of hydrogen-bond donors (Lipinski definition) is 0. The summed E-state index contributed by atoms with van der Waals surface area (Å²) in [6, 6.07) is 5.37. The summed E-state index contributed by atoms with van der Waals surface area (Å²) in [4.78, 5) is 13.0. The van der Waals surface area contributed by atoms with Crippen LogP contribution in [0.15, 0.2) is 18.2 Å². The monoisotopic (exact) mass is 406 g/mol. The van der Waals surface area contributed by atoms with E-state index in [0.717, 1.165) is 29.5 Å². The number of halogens is 1. The SMILES string of the molecule is COCCOC1CCN(c2ccc(I)cc2[N+](=O)[O-])CC1. The van der Waals surface area contributed by atoms with Crippen LogP contribution in [0.2, 0.25) is 0 Å². The Balaban J connectivity index is 1.97. The molecule has 0 radical (unpaired) electrons. The minimum Gasteiger partial charge on any atom is -0.382 e. The first-order chi connectivity index (χ1) is 10.1. The summed E-state index contributed by atoms with van der Waals surface area (Å²) in [5.41, 5.74) is 0.886. The summed E-state index contributed by atoms with van der Waals surface area (Å²) in [6.07, 6.45) is 1.99. The molecule has 0 saturated carbocycles. The van der Waals surface area contributed by atoms with Gasteiger partial charge in [-0.3, -0.25) is 10.1 Å². The molecule has 1 aromatic rings. The van der Waals surface area contributed by atoms with Gasteiger partial charge < -0.3 is 14.4 Å². The Hall–Kier alpha value is -0.930. The maximum absolute atomic E-state index is 11.2. The van der Waals surface area contributed by atoms with Gasteiger partial charge in [0.1, 0.15) is 5.69 Å². The van der Waals surface area contributed by atoms with Crippen LogP contribution in [0.1, 0.15) is 12.8 Å². The van der Waals surface area contributed by atoms with Gasteiger partial charge >= 0.3 is 0 Å². The van der Waals surface area contributed by atoms with Gasteiger partial charge in [-0.15, -0.1) is 0 Å². The van der Waals surface area contributed by atoms with Crippen LogP contribution in [0, 0.1) is 13.7 Å². The first-order valence-electron chi connectivity index (χ1n) is 6.91. The smallest absolute Gasteiger partial charge is 0.293 e. The zero-order valence-electron chi connectivity index (χ0n) is 12.0. The van der Waals surface area contributed by atoms with Crippen LogP contribution in [-0.4, -0.2) is 44.4 Å². The van der Waals surface area contributed by atoms with Crippen LogP contribution in [-0.2, 0) is 9.47 Å². The first kappa shape index (κ1) is 16.4. The molecule has 0 amide bonds. The maximum atomic E-state index is 11.2. The second-order valence-electron chi connectivity index (χ2n) is 4.94. The quantitative estimate of drug-likeness (QED) is 0.315. The summed E-state index contributed by atoms with van der Waals surface area (Å²) >= 11 is 2.09. The molecule has 6 nitrogen and oxygen atoms in total. The van der Waals surface area contributed by atoms with E-state index >= 15 is 0 Å². The Morgan fingerprint density at radius 2 is 2.10 bits per heavy atom. The van der Waals surface area contributed by atoms with Crippen molar-refractivity contribution in [1.82, 2.24) is 0 Å². The van der Waals surface area contributed by atoms with Crippen molar-refractivity contribution in [1.29, 1.82) is 0 Å². The molecule has 1 heterocycles. The van der Waals surface area contributed by atoms with Crippen LogP contribution in [0.5, 0.6) is 0 Å². The Kier molecular flexibility index (Phi) is 6.19. The van der Waals surface area contributed by atoms with Crippen molar-refractivity contribution in [3.63, 3.8) is 0 Å². The summed E-state index contributed by atoms with van der Waals surface area (Å²) in [6.45, 7) is 2.76. The molecule has 0 aromatic heterocycles. The summed E-state index contributed by atoms with van der Waals surface area (Å²) in [5, 5.41) is 11.2. The Morgan fingerprint density at radius 1 is 1.38 bits per heavy atom. The average Bonchev–Trinajstić information content (AvgIpc) is 2.48. The first-order valence-corrected chi connectivity index (χ1v) is 7.99. The van der Waals surface area contributed by atoms with Crippen molar-refractivity contribution in [2.75, 3.05) is 38.3 Å². The van der Waals surface area contributed by atoms with Gasteiger partial charge in [-0.25, -0.2) is 0 Å². The van der Waals surface area contributed by atoms with Crippen molar-refractivity contribution in [2.45, 2.75) is 18.9 Å². The van der Waals surface area contributed by atoms with Crippen LogP contribution >= 0.6 is 22.6 Å². The van der Waals surface area contributed by atoms with E-state index in [4.69, 9.17) is 9.47 Å². The van der Waals surface area contributed by atoms with Crippen LogP contribution < -0.4 is 4.90 Å². The molecule has 1 aliphatic rings. The topological polar surface area (TPSA) is 64.8 Å². The van der Waals surface area contributed by atoms with Crippen LogP contribution in [0.3, 0.4) is 0 Å². The van der Waals surface area contributed by atoms with E-state index in [2.05, 4.69) is 27.5 Å². The molecule has 1 fully saturated rings. The Bertz CT molecular complexity index is 490. The molecule has 1 aromatic carbocycles. The number of hydrogen-bond acceptors (Lipinski definition) is 5. The maximum Gasteiger partial charge on any atom is 0.293 e. The number of nitro benzene ring substituents is 1. The van der Waals surface area contributed by atoms with Gasteiger partial charge in [0, 0.05) is 29.8 Å². The van der Waals surface area contributed by atoms with E-state index in [1.807, 2.05) is 12.1 Å². The van der Waals surface area contributed by atoms with E-state index in [9.17, 15) is 10.1 Å². The molecule has 1 aliphatic heterocycles. The lowest BCUT2D eigenvalue weighted by Gasteiger charge is -2.33. The molecular formula is C14H19IN2O4. The average molecular weight is 406 g/mol. The number of piperidine rings is 1. The fraction of sp³-hybridized carbons (Fsp3) is 0.571. The largest absolute Gasteiger partial charge is 0.382 e. The Labute approximate surface area is 137 Å². The highest BCUT2D eigenvalue weighted by Gasteiger charge is 2.25. The zero-order valence-corrected chi connectivity index (χ0v) is 14.1. The molecule has 0 atom stereocenters. The lowest BCUT2D eigenvalue weighted by molar-refractivity contribution is -0.384. The van der Waals surface area contributed by atoms with Crippen LogP contribution in [0.4, 0.5) is 11.4 Å². The number of rotatable bonds is 6. The molecule has 0 aliphatic carbocycles. The minimum atomic E-state index is -0.307. The summed E-state index contributed by atoms with van der Waals surface area (Å²) in [5.74, 6) is 0. The number of anilines is 1. The number of nitrogens with zero attached hydrogens (tertiary/aromatic N) is 2. The number of methoxy groups -OCH3 is 1. The predicted octanol–water partition coefficient (Wildman–Crippen LogP) is 2.83. The molecule has 0 bridgehead atoms. The van der Waals surface area contributed by atoms with Gasteiger partial charge in [-0.05, 0) is 47.6 Å². The minimum absolute atomic E-state index is 0.181. The van der Waals surface area contributed by atoms with Gasteiger partial charge in [0.2, 0.25) is 0 Å². The third-order valence-electron chi connectivity index (χ3n) is 3.56. The van der Waals surface area contributed by atoms with Crippen LogP contribution in [0.25, 0.3) is 0 Å². The lowest BCUT2D eigenvalue weighted by Crippen LogP contribution is -2.37. The van der Waals surface area contributed by atoms with Gasteiger partial charge in [0.25, 0.3) is 5.69 Å². The van der Waals surface area contributed by atoms with Crippen molar-refractivity contribution >= 4 is 34.0 Å². The lowest BCUT2D eigenvalue weighted by atomic mass is 10.1. The molecule has 0 unspecified atom stereocenters. The van der Waals surface area contributed by atoms with Crippen molar-refractivity contribution in [2.24, 2.45) is 0 Å². The molecule has 116 valence electrons. The van der Waals surface area contributed by atoms with Gasteiger partial charge in [-0.1, -0.05) is 0 Å². The van der Waals surface area contributed by atoms with Gasteiger partial charge in [-0.2, -0.15) is 0 Å². The van der Waals surface area contributed by atoms with E-state index in [0.29, 0.717) is 18.9 Å². The van der Waals surface area contributed by atoms with E-state index in [-0.39, 0.29) is 16.7 Å². The fourth-order valence-corrected chi connectivity index (χ4v) is 2.95. The third kappa shape index (κ3) is 4.52. The number of nitro groups is 1. The fourth-order valence-electron chi connectivity index (χ4n) is 2.47. The molecular weight excluding hydrogens is 387 g/mol. The highest BCUT2D eigenvalue weighted by atomic mass is 127. The van der Waals surface area contributed by atoms with Gasteiger partial charge in [0.15, 0.2) is 0 Å². The van der Waals surface area contributed by atoms with Crippen molar-refractivity contribution in [3.8, 4) is 0 Å². The molecule has 21 heavy (non-hydrogen) atoms. The molecule has 2 rings (SSSR count). The van der Waals surface area contributed by atoms with E-state index < -0.39 is 0 Å². The number of benzene rings is 1. The Morgan fingerprint density at radius 3 is 2.71 bits per heavy atom. The molecule has 0 spiro atoms. The number of ether oxygens (including phenoxy) is 2. The molecule has 1 saturated heterocycles. The summed E-state index contributed by atoms with van der Waals surface area (Å²) in [7, 11) is 1.65.